The van der Waals surface area contributed by atoms with Crippen LogP contribution in [0.4, 0.5) is 5.69 Å². The van der Waals surface area contributed by atoms with E-state index in [0.29, 0.717) is 28.8 Å². The number of likely N-dealkylation sites (N-methyl/N-ethyl adjacent to an activating group) is 1. The first-order chi connectivity index (χ1) is 9.71. The second-order valence-corrected chi connectivity index (χ2v) is 6.30. The highest BCUT2D eigenvalue weighted by atomic mass is 35.5. The maximum absolute atomic E-state index is 11.8. The van der Waals surface area contributed by atoms with Gasteiger partial charge < -0.3 is 20.6 Å². The molecule has 1 rings (SSSR count). The Morgan fingerprint density at radius 2 is 1.90 bits per heavy atom. The first-order valence-electron chi connectivity index (χ1n) is 6.53. The molecule has 1 aromatic carbocycles. The number of anilines is 1. The Morgan fingerprint density at radius 1 is 1.33 bits per heavy atom. The van der Waals surface area contributed by atoms with Crippen LogP contribution in [0.1, 0.15) is 6.92 Å². The molecule has 118 valence electrons. The van der Waals surface area contributed by atoms with Gasteiger partial charge in [-0.25, -0.2) is 0 Å². The molecule has 1 atom stereocenters. The molecule has 0 bridgehead atoms. The average molecular weight is 334 g/mol. The van der Waals surface area contributed by atoms with Crippen LogP contribution in [0.3, 0.4) is 0 Å². The van der Waals surface area contributed by atoms with E-state index in [1.165, 1.54) is 0 Å². The van der Waals surface area contributed by atoms with Crippen LogP contribution < -0.4 is 10.6 Å². The van der Waals surface area contributed by atoms with E-state index in [-0.39, 0.29) is 12.5 Å². The van der Waals surface area contributed by atoms with Crippen LogP contribution >= 0.6 is 23.2 Å². The Hall–Kier alpha value is -0.850. The van der Waals surface area contributed by atoms with Crippen molar-refractivity contribution in [2.24, 2.45) is 0 Å². The summed E-state index contributed by atoms with van der Waals surface area (Å²) in [6.45, 7) is 2.57. The number of rotatable bonds is 7. The Kier molecular flexibility index (Phi) is 6.90. The Balaban J connectivity index is 2.45. The molecule has 0 heterocycles. The standard InChI is InChI=1S/C14H21Cl2N3O2/c1-14(21,9-19(2)3)8-17-7-12(20)18-13-10(15)5-4-6-11(13)16/h4-6,17,21H,7-9H2,1-3H3,(H,18,20). The van der Waals surface area contributed by atoms with E-state index in [9.17, 15) is 9.90 Å². The van der Waals surface area contributed by atoms with Crippen molar-refractivity contribution in [3.05, 3.63) is 28.2 Å². The number of amides is 1. The van der Waals surface area contributed by atoms with Crippen molar-refractivity contribution in [2.75, 3.05) is 39.0 Å². The summed E-state index contributed by atoms with van der Waals surface area (Å²) < 4.78 is 0. The third-order valence-corrected chi connectivity index (χ3v) is 3.31. The maximum atomic E-state index is 11.8. The zero-order valence-corrected chi connectivity index (χ0v) is 13.9. The van der Waals surface area contributed by atoms with Crippen molar-refractivity contribution in [1.29, 1.82) is 0 Å². The zero-order chi connectivity index (χ0) is 16.0. The van der Waals surface area contributed by atoms with Gasteiger partial charge in [-0.05, 0) is 33.2 Å². The van der Waals surface area contributed by atoms with Gasteiger partial charge in [-0.2, -0.15) is 0 Å². The Labute approximate surface area is 135 Å². The van der Waals surface area contributed by atoms with Gasteiger partial charge in [0.15, 0.2) is 0 Å². The molecule has 0 radical (unpaired) electrons. The molecule has 21 heavy (non-hydrogen) atoms. The normalized spacial score (nSPS) is 14.0. The van der Waals surface area contributed by atoms with Gasteiger partial charge >= 0.3 is 0 Å². The van der Waals surface area contributed by atoms with Crippen molar-refractivity contribution in [1.82, 2.24) is 10.2 Å². The summed E-state index contributed by atoms with van der Waals surface area (Å²) in [5.74, 6) is -0.273. The Morgan fingerprint density at radius 3 is 2.43 bits per heavy atom. The number of hydrogen-bond acceptors (Lipinski definition) is 4. The highest BCUT2D eigenvalue weighted by Gasteiger charge is 2.21. The molecule has 0 fully saturated rings. The van der Waals surface area contributed by atoms with E-state index < -0.39 is 5.60 Å². The number of hydrogen-bond donors (Lipinski definition) is 3. The number of carbonyl (C=O) groups is 1. The van der Waals surface area contributed by atoms with Gasteiger partial charge in [0.1, 0.15) is 0 Å². The van der Waals surface area contributed by atoms with Crippen molar-refractivity contribution in [3.63, 3.8) is 0 Å². The molecule has 3 N–H and O–H groups in total. The summed E-state index contributed by atoms with van der Waals surface area (Å²) >= 11 is 11.9. The molecule has 0 saturated heterocycles. The van der Waals surface area contributed by atoms with Crippen molar-refractivity contribution in [2.45, 2.75) is 12.5 Å². The number of carbonyl (C=O) groups excluding carboxylic acids is 1. The molecule has 1 amide bonds. The second kappa shape index (κ2) is 7.96. The van der Waals surface area contributed by atoms with Gasteiger partial charge in [0.25, 0.3) is 0 Å². The van der Waals surface area contributed by atoms with Gasteiger partial charge in [0.2, 0.25) is 5.91 Å². The number of aliphatic hydroxyl groups is 1. The highest BCUT2D eigenvalue weighted by Crippen LogP contribution is 2.29. The fraction of sp³-hybridized carbons (Fsp3) is 0.500. The SMILES string of the molecule is CN(C)CC(C)(O)CNCC(=O)Nc1c(Cl)cccc1Cl. The van der Waals surface area contributed by atoms with Gasteiger partial charge in [-0.3, -0.25) is 4.79 Å². The lowest BCUT2D eigenvalue weighted by Crippen LogP contribution is -2.47. The minimum absolute atomic E-state index is 0.0606. The average Bonchev–Trinajstić information content (AvgIpc) is 2.32. The predicted molar refractivity (Wildman–Crippen MR) is 87.1 cm³/mol. The largest absolute Gasteiger partial charge is 0.388 e. The summed E-state index contributed by atoms with van der Waals surface area (Å²) in [5.41, 5.74) is -0.515. The molecule has 0 aliphatic rings. The first-order valence-corrected chi connectivity index (χ1v) is 7.28. The first kappa shape index (κ1) is 18.2. The fourth-order valence-electron chi connectivity index (χ4n) is 1.98. The van der Waals surface area contributed by atoms with E-state index >= 15 is 0 Å². The van der Waals surface area contributed by atoms with Crippen molar-refractivity contribution >= 4 is 34.8 Å². The monoisotopic (exact) mass is 333 g/mol. The quantitative estimate of drug-likeness (QED) is 0.712. The summed E-state index contributed by atoms with van der Waals surface area (Å²) in [6, 6.07) is 5.01. The van der Waals surface area contributed by atoms with Gasteiger partial charge in [-0.1, -0.05) is 29.3 Å². The molecule has 0 aliphatic carbocycles. The number of halogens is 2. The zero-order valence-electron chi connectivity index (χ0n) is 12.4. The van der Waals surface area contributed by atoms with Crippen LogP contribution in [0.5, 0.6) is 0 Å². The van der Waals surface area contributed by atoms with E-state index in [1.807, 2.05) is 19.0 Å². The molecule has 0 spiro atoms. The topological polar surface area (TPSA) is 64.6 Å². The molecular weight excluding hydrogens is 313 g/mol. The summed E-state index contributed by atoms with van der Waals surface area (Å²) in [6.07, 6.45) is 0. The molecule has 1 aromatic rings. The smallest absolute Gasteiger partial charge is 0.238 e. The molecule has 5 nitrogen and oxygen atoms in total. The lowest BCUT2D eigenvalue weighted by atomic mass is 10.1. The fourth-order valence-corrected chi connectivity index (χ4v) is 2.48. The Bertz CT molecular complexity index is 473. The highest BCUT2D eigenvalue weighted by molar-refractivity contribution is 6.39. The van der Waals surface area contributed by atoms with Crippen LogP contribution in [0.25, 0.3) is 0 Å². The third kappa shape index (κ3) is 6.63. The molecule has 0 aliphatic heterocycles. The third-order valence-electron chi connectivity index (χ3n) is 2.68. The van der Waals surface area contributed by atoms with Gasteiger partial charge in [0.05, 0.1) is 27.9 Å². The second-order valence-electron chi connectivity index (χ2n) is 5.48. The van der Waals surface area contributed by atoms with Crippen LogP contribution in [-0.4, -0.2) is 55.2 Å². The van der Waals surface area contributed by atoms with Gasteiger partial charge in [-0.15, -0.1) is 0 Å². The lowest BCUT2D eigenvalue weighted by molar-refractivity contribution is -0.115. The summed E-state index contributed by atoms with van der Waals surface area (Å²) in [5, 5.41) is 16.4. The van der Waals surface area contributed by atoms with Crippen molar-refractivity contribution in [3.8, 4) is 0 Å². The number of nitrogens with one attached hydrogen (secondary N) is 2. The number of nitrogens with zero attached hydrogens (tertiary/aromatic N) is 1. The maximum Gasteiger partial charge on any atom is 0.238 e. The minimum Gasteiger partial charge on any atom is -0.388 e. The van der Waals surface area contributed by atoms with E-state index in [4.69, 9.17) is 23.2 Å². The van der Waals surface area contributed by atoms with E-state index in [2.05, 4.69) is 10.6 Å². The molecular formula is C14H21Cl2N3O2. The molecule has 1 unspecified atom stereocenters. The van der Waals surface area contributed by atoms with Crippen molar-refractivity contribution < 1.29 is 9.90 Å². The van der Waals surface area contributed by atoms with E-state index in [0.717, 1.165) is 0 Å². The lowest BCUT2D eigenvalue weighted by Gasteiger charge is -2.27. The minimum atomic E-state index is -0.911. The van der Waals surface area contributed by atoms with Crippen LogP contribution in [0, 0.1) is 0 Å². The molecule has 0 aromatic heterocycles. The van der Waals surface area contributed by atoms with Gasteiger partial charge in [0, 0.05) is 13.1 Å². The summed E-state index contributed by atoms with van der Waals surface area (Å²) in [7, 11) is 3.75. The molecule has 7 heteroatoms. The predicted octanol–water partition coefficient (Wildman–Crippen LogP) is 1.83. The number of benzene rings is 1. The summed E-state index contributed by atoms with van der Waals surface area (Å²) in [4.78, 5) is 13.7. The van der Waals surface area contributed by atoms with E-state index in [1.54, 1.807) is 25.1 Å². The molecule has 0 saturated carbocycles. The van der Waals surface area contributed by atoms with Crippen LogP contribution in [0.2, 0.25) is 10.0 Å². The van der Waals surface area contributed by atoms with Crippen LogP contribution in [0.15, 0.2) is 18.2 Å². The number of para-hydroxylation sites is 1. The van der Waals surface area contributed by atoms with Crippen LogP contribution in [-0.2, 0) is 4.79 Å².